The summed E-state index contributed by atoms with van der Waals surface area (Å²) in [6, 6.07) is 0. The Kier molecular flexibility index (Phi) is 4.40. The highest BCUT2D eigenvalue weighted by Crippen LogP contribution is 2.27. The van der Waals surface area contributed by atoms with E-state index in [2.05, 4.69) is 33.4 Å². The van der Waals surface area contributed by atoms with Crippen LogP contribution in [-0.4, -0.2) is 12.2 Å². The highest BCUT2D eigenvalue weighted by molar-refractivity contribution is 5.13. The van der Waals surface area contributed by atoms with Gasteiger partial charge in [0.15, 0.2) is 0 Å². The zero-order valence-electron chi connectivity index (χ0n) is 9.62. The summed E-state index contributed by atoms with van der Waals surface area (Å²) < 4.78 is 5.91. The third kappa shape index (κ3) is 3.30. The normalized spacial score (nSPS) is 34.2. The molecule has 1 aliphatic rings. The minimum Gasteiger partial charge on any atom is -0.375 e. The maximum Gasteiger partial charge on any atom is 0.0638 e. The number of hydrogen-bond donors (Lipinski definition) is 0. The number of rotatable bonds is 3. The van der Waals surface area contributed by atoms with Gasteiger partial charge in [-0.05, 0) is 39.0 Å². The molecule has 1 saturated heterocycles. The molecule has 0 aromatic carbocycles. The van der Waals surface area contributed by atoms with Crippen molar-refractivity contribution in [2.75, 3.05) is 0 Å². The Labute approximate surface area is 87.8 Å². The van der Waals surface area contributed by atoms with Gasteiger partial charge >= 0.3 is 0 Å². The molecule has 3 unspecified atom stereocenters. The standard InChI is InChI=1S/C13H22O/c1-5-10(2)6-9-13-11(3)7-8-12(4)14-13/h5-6,11-13H,1,7-9H2,2-4H3/b10-6+. The van der Waals surface area contributed by atoms with E-state index in [4.69, 9.17) is 4.74 Å². The second kappa shape index (κ2) is 5.35. The average molecular weight is 194 g/mol. The van der Waals surface area contributed by atoms with Gasteiger partial charge in [-0.3, -0.25) is 0 Å². The zero-order valence-corrected chi connectivity index (χ0v) is 9.62. The van der Waals surface area contributed by atoms with Crippen molar-refractivity contribution in [1.82, 2.24) is 0 Å². The highest BCUT2D eigenvalue weighted by Gasteiger charge is 2.24. The van der Waals surface area contributed by atoms with E-state index in [0.717, 1.165) is 6.42 Å². The van der Waals surface area contributed by atoms with E-state index in [1.54, 1.807) is 0 Å². The van der Waals surface area contributed by atoms with Gasteiger partial charge in [0.2, 0.25) is 0 Å². The van der Waals surface area contributed by atoms with Crippen LogP contribution < -0.4 is 0 Å². The van der Waals surface area contributed by atoms with Crippen molar-refractivity contribution in [3.8, 4) is 0 Å². The summed E-state index contributed by atoms with van der Waals surface area (Å²) >= 11 is 0. The van der Waals surface area contributed by atoms with Gasteiger partial charge in [-0.1, -0.05) is 31.2 Å². The molecule has 0 bridgehead atoms. The van der Waals surface area contributed by atoms with Gasteiger partial charge in [0, 0.05) is 0 Å². The van der Waals surface area contributed by atoms with Crippen LogP contribution >= 0.6 is 0 Å². The summed E-state index contributed by atoms with van der Waals surface area (Å²) in [7, 11) is 0. The van der Waals surface area contributed by atoms with Crippen LogP contribution in [0.4, 0.5) is 0 Å². The van der Waals surface area contributed by atoms with Crippen LogP contribution in [0.15, 0.2) is 24.3 Å². The SMILES string of the molecule is C=C/C(C)=C/CC1OC(C)CCC1C. The van der Waals surface area contributed by atoms with E-state index < -0.39 is 0 Å². The molecular weight excluding hydrogens is 172 g/mol. The first-order chi connectivity index (χ1) is 6.63. The third-order valence-corrected chi connectivity index (χ3v) is 3.06. The van der Waals surface area contributed by atoms with Crippen LogP contribution in [0.25, 0.3) is 0 Å². The average Bonchev–Trinajstić information content (AvgIpc) is 2.19. The molecule has 0 aliphatic carbocycles. The van der Waals surface area contributed by atoms with Crippen molar-refractivity contribution >= 4 is 0 Å². The van der Waals surface area contributed by atoms with Gasteiger partial charge in [0.25, 0.3) is 0 Å². The first kappa shape index (κ1) is 11.5. The largest absolute Gasteiger partial charge is 0.375 e. The molecule has 0 saturated carbocycles. The Morgan fingerprint density at radius 2 is 2.14 bits per heavy atom. The lowest BCUT2D eigenvalue weighted by atomic mass is 9.91. The van der Waals surface area contributed by atoms with E-state index in [0.29, 0.717) is 18.1 Å². The molecule has 0 spiro atoms. The molecule has 0 amide bonds. The first-order valence-corrected chi connectivity index (χ1v) is 5.58. The second-order valence-electron chi connectivity index (χ2n) is 4.43. The smallest absolute Gasteiger partial charge is 0.0638 e. The van der Waals surface area contributed by atoms with Crippen molar-refractivity contribution in [2.45, 2.75) is 52.2 Å². The molecule has 80 valence electrons. The molecule has 0 radical (unpaired) electrons. The Balaban J connectivity index is 2.45. The van der Waals surface area contributed by atoms with Crippen LogP contribution in [0.2, 0.25) is 0 Å². The van der Waals surface area contributed by atoms with Gasteiger partial charge in [0.1, 0.15) is 0 Å². The second-order valence-corrected chi connectivity index (χ2v) is 4.43. The molecule has 0 N–H and O–H groups in total. The van der Waals surface area contributed by atoms with Crippen LogP contribution in [0.1, 0.15) is 40.0 Å². The van der Waals surface area contributed by atoms with Crippen molar-refractivity contribution in [3.05, 3.63) is 24.3 Å². The van der Waals surface area contributed by atoms with Crippen molar-refractivity contribution in [1.29, 1.82) is 0 Å². The molecule has 1 fully saturated rings. The van der Waals surface area contributed by atoms with Crippen LogP contribution in [-0.2, 0) is 4.74 Å². The van der Waals surface area contributed by atoms with Gasteiger partial charge in [-0.2, -0.15) is 0 Å². The Hall–Kier alpha value is -0.560. The minimum absolute atomic E-state index is 0.411. The fraction of sp³-hybridized carbons (Fsp3) is 0.692. The summed E-state index contributed by atoms with van der Waals surface area (Å²) in [6.45, 7) is 10.3. The minimum atomic E-state index is 0.411. The maximum atomic E-state index is 5.91. The molecule has 3 atom stereocenters. The van der Waals surface area contributed by atoms with E-state index in [-0.39, 0.29) is 0 Å². The fourth-order valence-electron chi connectivity index (χ4n) is 1.86. The zero-order chi connectivity index (χ0) is 10.6. The van der Waals surface area contributed by atoms with E-state index in [9.17, 15) is 0 Å². The Morgan fingerprint density at radius 3 is 2.79 bits per heavy atom. The topological polar surface area (TPSA) is 9.23 Å². The van der Waals surface area contributed by atoms with Crippen molar-refractivity contribution in [2.24, 2.45) is 5.92 Å². The molecule has 1 rings (SSSR count). The molecule has 1 nitrogen and oxygen atoms in total. The third-order valence-electron chi connectivity index (χ3n) is 3.06. The summed E-state index contributed by atoms with van der Waals surface area (Å²) in [5.41, 5.74) is 1.25. The lowest BCUT2D eigenvalue weighted by Crippen LogP contribution is -2.31. The van der Waals surface area contributed by atoms with Crippen LogP contribution in [0.3, 0.4) is 0 Å². The molecule has 1 heterocycles. The Bertz CT molecular complexity index is 217. The van der Waals surface area contributed by atoms with E-state index in [1.807, 2.05) is 6.08 Å². The summed E-state index contributed by atoms with van der Waals surface area (Å²) in [6.07, 6.45) is 8.52. The summed E-state index contributed by atoms with van der Waals surface area (Å²) in [5, 5.41) is 0. The molecule has 1 aliphatic heterocycles. The number of hydrogen-bond acceptors (Lipinski definition) is 1. The van der Waals surface area contributed by atoms with Gasteiger partial charge in [0.05, 0.1) is 12.2 Å². The van der Waals surface area contributed by atoms with Crippen LogP contribution in [0.5, 0.6) is 0 Å². The van der Waals surface area contributed by atoms with Crippen LogP contribution in [0, 0.1) is 5.92 Å². The van der Waals surface area contributed by atoms with Gasteiger partial charge in [-0.25, -0.2) is 0 Å². The lowest BCUT2D eigenvalue weighted by molar-refractivity contribution is -0.0676. The lowest BCUT2D eigenvalue weighted by Gasteiger charge is -2.32. The molecule has 14 heavy (non-hydrogen) atoms. The molecule has 0 aromatic heterocycles. The fourth-order valence-corrected chi connectivity index (χ4v) is 1.86. The summed E-state index contributed by atoms with van der Waals surface area (Å²) in [4.78, 5) is 0. The molecule has 1 heteroatoms. The number of allylic oxidation sites excluding steroid dienone is 2. The predicted molar refractivity (Wildman–Crippen MR) is 61.3 cm³/mol. The van der Waals surface area contributed by atoms with E-state index >= 15 is 0 Å². The van der Waals surface area contributed by atoms with Crippen molar-refractivity contribution in [3.63, 3.8) is 0 Å². The van der Waals surface area contributed by atoms with Gasteiger partial charge < -0.3 is 4.74 Å². The monoisotopic (exact) mass is 194 g/mol. The van der Waals surface area contributed by atoms with Crippen molar-refractivity contribution < 1.29 is 4.74 Å². The van der Waals surface area contributed by atoms with Gasteiger partial charge in [-0.15, -0.1) is 0 Å². The molecule has 0 aromatic rings. The maximum absolute atomic E-state index is 5.91. The van der Waals surface area contributed by atoms with E-state index in [1.165, 1.54) is 18.4 Å². The first-order valence-electron chi connectivity index (χ1n) is 5.58. The highest BCUT2D eigenvalue weighted by atomic mass is 16.5. The summed E-state index contributed by atoms with van der Waals surface area (Å²) in [5.74, 6) is 0.695. The Morgan fingerprint density at radius 1 is 1.43 bits per heavy atom. The predicted octanol–water partition coefficient (Wildman–Crippen LogP) is 3.71. The quantitative estimate of drug-likeness (QED) is 0.622. The molecular formula is C13H22O. The number of ether oxygens (including phenoxy) is 1.